The molecule has 1 aliphatic heterocycles. The first-order chi connectivity index (χ1) is 11.3. The average molecular weight is 353 g/mol. The molecule has 6 nitrogen and oxygen atoms in total. The highest BCUT2D eigenvalue weighted by molar-refractivity contribution is 7.89. The lowest BCUT2D eigenvalue weighted by atomic mass is 9.74. The van der Waals surface area contributed by atoms with Gasteiger partial charge in [0.1, 0.15) is 5.41 Å². The van der Waals surface area contributed by atoms with Crippen molar-refractivity contribution in [2.75, 3.05) is 13.1 Å². The van der Waals surface area contributed by atoms with Gasteiger partial charge in [-0.2, -0.15) is 4.31 Å². The second kappa shape index (κ2) is 6.13. The van der Waals surface area contributed by atoms with E-state index in [-0.39, 0.29) is 30.3 Å². The number of carboxylic acid groups (broad SMARTS) is 1. The predicted molar refractivity (Wildman–Crippen MR) is 88.0 cm³/mol. The number of aryl methyl sites for hydroxylation is 1. The Kier molecular flexibility index (Phi) is 4.44. The summed E-state index contributed by atoms with van der Waals surface area (Å²) >= 11 is 0. The molecule has 0 bridgehead atoms. The molecule has 2 aliphatic rings. The fourth-order valence-corrected chi connectivity index (χ4v) is 5.32. The van der Waals surface area contributed by atoms with E-state index in [9.17, 15) is 23.4 Å². The molecule has 1 saturated carbocycles. The summed E-state index contributed by atoms with van der Waals surface area (Å²) in [6, 6.07) is 6.69. The largest absolute Gasteiger partial charge is 0.481 e. The number of rotatable bonds is 5. The first-order valence-corrected chi connectivity index (χ1v) is 9.68. The minimum Gasteiger partial charge on any atom is -0.481 e. The maximum absolute atomic E-state index is 13.0. The third-order valence-electron chi connectivity index (χ3n) is 5.24. The van der Waals surface area contributed by atoms with Crippen LogP contribution >= 0.6 is 0 Å². The Labute approximate surface area is 142 Å². The van der Waals surface area contributed by atoms with Gasteiger partial charge in [-0.05, 0) is 37.3 Å². The van der Waals surface area contributed by atoms with E-state index < -0.39 is 27.5 Å². The zero-order valence-electron chi connectivity index (χ0n) is 13.7. The predicted octanol–water partition coefficient (Wildman–Crippen LogP) is 1.62. The minimum atomic E-state index is -3.78. The summed E-state index contributed by atoms with van der Waals surface area (Å²) in [4.78, 5) is 12.1. The van der Waals surface area contributed by atoms with Gasteiger partial charge in [-0.25, -0.2) is 8.42 Å². The first-order valence-electron chi connectivity index (χ1n) is 8.24. The molecule has 1 aromatic carbocycles. The van der Waals surface area contributed by atoms with Crippen molar-refractivity contribution in [3.8, 4) is 0 Å². The molecule has 1 aliphatic carbocycles. The van der Waals surface area contributed by atoms with Crippen molar-refractivity contribution < 1.29 is 23.4 Å². The smallest absolute Gasteiger partial charge is 0.313 e. The minimum absolute atomic E-state index is 0.136. The maximum Gasteiger partial charge on any atom is 0.313 e. The van der Waals surface area contributed by atoms with Crippen molar-refractivity contribution in [3.05, 3.63) is 29.8 Å². The molecule has 1 heterocycles. The van der Waals surface area contributed by atoms with Gasteiger partial charge in [0.25, 0.3) is 0 Å². The van der Waals surface area contributed by atoms with Crippen LogP contribution in [-0.4, -0.2) is 48.1 Å². The van der Waals surface area contributed by atoms with Crippen molar-refractivity contribution >= 4 is 16.0 Å². The molecule has 1 saturated heterocycles. The average Bonchev–Trinajstić information content (AvgIpc) is 3.33. The fraction of sp³-hybridized carbons (Fsp3) is 0.588. The number of nitrogens with zero attached hydrogens (tertiary/aromatic N) is 1. The topological polar surface area (TPSA) is 94.9 Å². The molecule has 2 fully saturated rings. The van der Waals surface area contributed by atoms with Crippen molar-refractivity contribution in [2.24, 2.45) is 11.3 Å². The van der Waals surface area contributed by atoms with Crippen LogP contribution in [0.5, 0.6) is 0 Å². The van der Waals surface area contributed by atoms with Crippen LogP contribution in [0.2, 0.25) is 0 Å². The lowest BCUT2D eigenvalue weighted by Crippen LogP contribution is -2.57. The zero-order valence-corrected chi connectivity index (χ0v) is 14.5. The van der Waals surface area contributed by atoms with Crippen LogP contribution in [0.3, 0.4) is 0 Å². The third-order valence-corrected chi connectivity index (χ3v) is 7.24. The summed E-state index contributed by atoms with van der Waals surface area (Å²) < 4.78 is 27.2. The Balaban J connectivity index is 1.94. The standard InChI is InChI=1S/C17H23NO5S/c1-12-4-2-3-5-14(12)24(22,23)18-9-8-15(19)17(11-18,16(20)21)10-13-6-7-13/h2-5,13,15,19H,6-11H2,1H3,(H,20,21)/t15-,17-/m0/s1. The van der Waals surface area contributed by atoms with Crippen LogP contribution in [0.25, 0.3) is 0 Å². The summed E-state index contributed by atoms with van der Waals surface area (Å²) in [7, 11) is -3.78. The van der Waals surface area contributed by atoms with E-state index in [0.717, 1.165) is 12.8 Å². The number of carboxylic acids is 1. The SMILES string of the molecule is Cc1ccccc1S(=O)(=O)N1CC[C@H](O)[C@@](CC2CC2)(C(=O)O)C1. The molecule has 132 valence electrons. The normalized spacial score (nSPS) is 28.7. The Hall–Kier alpha value is -1.44. The summed E-state index contributed by atoms with van der Waals surface area (Å²) in [6.45, 7) is 1.69. The highest BCUT2D eigenvalue weighted by atomic mass is 32.2. The van der Waals surface area contributed by atoms with Gasteiger partial charge in [-0.1, -0.05) is 31.0 Å². The number of aliphatic hydroxyl groups excluding tert-OH is 1. The van der Waals surface area contributed by atoms with E-state index in [1.54, 1.807) is 31.2 Å². The van der Waals surface area contributed by atoms with Crippen LogP contribution in [0.1, 0.15) is 31.2 Å². The van der Waals surface area contributed by atoms with Gasteiger partial charge in [0.2, 0.25) is 10.0 Å². The highest BCUT2D eigenvalue weighted by Crippen LogP contribution is 2.45. The number of sulfonamides is 1. The quantitative estimate of drug-likeness (QED) is 0.839. The second-order valence-corrected chi connectivity index (χ2v) is 8.92. The monoisotopic (exact) mass is 353 g/mol. The van der Waals surface area contributed by atoms with E-state index in [0.29, 0.717) is 12.0 Å². The highest BCUT2D eigenvalue weighted by Gasteiger charge is 2.53. The van der Waals surface area contributed by atoms with E-state index in [1.165, 1.54) is 4.31 Å². The van der Waals surface area contributed by atoms with E-state index >= 15 is 0 Å². The van der Waals surface area contributed by atoms with Crippen molar-refractivity contribution in [1.29, 1.82) is 0 Å². The van der Waals surface area contributed by atoms with Crippen LogP contribution < -0.4 is 0 Å². The van der Waals surface area contributed by atoms with E-state index in [4.69, 9.17) is 0 Å². The van der Waals surface area contributed by atoms with Crippen molar-refractivity contribution in [3.63, 3.8) is 0 Å². The molecular weight excluding hydrogens is 330 g/mol. The van der Waals surface area contributed by atoms with E-state index in [2.05, 4.69) is 0 Å². The Morgan fingerprint density at radius 2 is 1.96 bits per heavy atom. The lowest BCUT2D eigenvalue weighted by Gasteiger charge is -2.43. The summed E-state index contributed by atoms with van der Waals surface area (Å²) in [5.74, 6) is -0.830. The second-order valence-electron chi connectivity index (χ2n) is 7.02. The molecule has 0 aromatic heterocycles. The molecule has 1 aromatic rings. The molecule has 0 unspecified atom stereocenters. The van der Waals surface area contributed by atoms with Gasteiger partial charge in [-0.3, -0.25) is 4.79 Å². The molecule has 0 spiro atoms. The molecule has 24 heavy (non-hydrogen) atoms. The number of carbonyl (C=O) groups is 1. The van der Waals surface area contributed by atoms with Gasteiger partial charge in [0.15, 0.2) is 0 Å². The number of aliphatic carboxylic acids is 1. The molecular formula is C17H23NO5S. The fourth-order valence-electron chi connectivity index (χ4n) is 3.57. The van der Waals surface area contributed by atoms with Gasteiger partial charge in [0, 0.05) is 13.1 Å². The Bertz CT molecular complexity index is 743. The van der Waals surface area contributed by atoms with Gasteiger partial charge < -0.3 is 10.2 Å². The van der Waals surface area contributed by atoms with Gasteiger partial charge >= 0.3 is 5.97 Å². The summed E-state index contributed by atoms with van der Waals surface area (Å²) in [5.41, 5.74) is -0.776. The maximum atomic E-state index is 13.0. The van der Waals surface area contributed by atoms with Crippen LogP contribution in [0, 0.1) is 18.3 Å². The molecule has 2 atom stereocenters. The molecule has 0 radical (unpaired) electrons. The van der Waals surface area contributed by atoms with Crippen LogP contribution in [0.15, 0.2) is 29.2 Å². The van der Waals surface area contributed by atoms with Crippen molar-refractivity contribution in [1.82, 2.24) is 4.31 Å². The lowest BCUT2D eigenvalue weighted by molar-refractivity contribution is -0.162. The Morgan fingerprint density at radius 3 is 2.54 bits per heavy atom. The number of hydrogen-bond donors (Lipinski definition) is 2. The van der Waals surface area contributed by atoms with Crippen LogP contribution in [-0.2, 0) is 14.8 Å². The first kappa shape index (κ1) is 17.4. The molecule has 3 rings (SSSR count). The van der Waals surface area contributed by atoms with Gasteiger partial charge in [0.05, 0.1) is 11.0 Å². The Morgan fingerprint density at radius 1 is 1.29 bits per heavy atom. The zero-order chi connectivity index (χ0) is 17.5. The summed E-state index contributed by atoms with van der Waals surface area (Å²) in [5, 5.41) is 20.1. The molecule has 7 heteroatoms. The number of aliphatic hydroxyl groups is 1. The summed E-state index contributed by atoms with van der Waals surface area (Å²) in [6.07, 6.45) is 1.37. The number of piperidine rings is 1. The van der Waals surface area contributed by atoms with Gasteiger partial charge in [-0.15, -0.1) is 0 Å². The third kappa shape index (κ3) is 2.96. The molecule has 0 amide bonds. The number of benzene rings is 1. The van der Waals surface area contributed by atoms with E-state index in [1.807, 2.05) is 0 Å². The number of hydrogen-bond acceptors (Lipinski definition) is 4. The molecule has 2 N–H and O–H groups in total. The van der Waals surface area contributed by atoms with Crippen LogP contribution in [0.4, 0.5) is 0 Å². The van der Waals surface area contributed by atoms with Crippen molar-refractivity contribution in [2.45, 2.75) is 43.6 Å².